The summed E-state index contributed by atoms with van der Waals surface area (Å²) in [6.45, 7) is 6.15. The van der Waals surface area contributed by atoms with Crippen molar-refractivity contribution >= 4 is 27.4 Å². The number of fused-ring (bicyclic) bond motifs is 1. The molecule has 1 fully saturated rings. The molecule has 1 aliphatic heterocycles. The Labute approximate surface area is 124 Å². The first kappa shape index (κ1) is 14.6. The quantitative estimate of drug-likeness (QED) is 0.842. The lowest BCUT2D eigenvalue weighted by Gasteiger charge is -2.17. The van der Waals surface area contributed by atoms with Crippen molar-refractivity contribution < 1.29 is 13.2 Å². The number of anilines is 1. The van der Waals surface area contributed by atoms with Gasteiger partial charge in [0.15, 0.2) is 0 Å². The van der Waals surface area contributed by atoms with E-state index in [0.29, 0.717) is 21.5 Å². The Hall–Kier alpha value is -1.37. The van der Waals surface area contributed by atoms with E-state index in [1.165, 1.54) is 6.33 Å². The van der Waals surface area contributed by atoms with Crippen LogP contribution in [0.4, 0.5) is 19.0 Å². The highest BCUT2D eigenvalue weighted by Crippen LogP contribution is 2.36. The van der Waals surface area contributed by atoms with Gasteiger partial charge in [-0.05, 0) is 17.9 Å². The lowest BCUT2D eigenvalue weighted by Crippen LogP contribution is -2.21. The van der Waals surface area contributed by atoms with Crippen LogP contribution in [0.25, 0.3) is 10.2 Å². The summed E-state index contributed by atoms with van der Waals surface area (Å²) in [6, 6.07) is 1.59. The first-order valence-electron chi connectivity index (χ1n) is 6.88. The SMILES string of the molecule is C[C@@H]1CN(c2ncnc3sc(CC(F)(F)F)cc23)C[C@@H]1C. The number of aromatic nitrogens is 2. The molecule has 0 spiro atoms. The minimum absolute atomic E-state index is 0.291. The molecule has 0 aromatic carbocycles. The van der Waals surface area contributed by atoms with Gasteiger partial charge in [0.1, 0.15) is 17.0 Å². The molecule has 3 nitrogen and oxygen atoms in total. The third-order valence-electron chi connectivity index (χ3n) is 4.02. The van der Waals surface area contributed by atoms with E-state index in [2.05, 4.69) is 28.7 Å². The number of hydrogen-bond acceptors (Lipinski definition) is 4. The standard InChI is InChI=1S/C14H16F3N3S/c1-8-5-20(6-9(8)2)12-11-3-10(4-14(15,16)17)21-13(11)19-7-18-12/h3,7-9H,4-6H2,1-2H3/t8-,9+. The fraction of sp³-hybridized carbons (Fsp3) is 0.571. The van der Waals surface area contributed by atoms with Crippen LogP contribution < -0.4 is 4.90 Å². The molecule has 2 atom stereocenters. The highest BCUT2D eigenvalue weighted by Gasteiger charge is 2.31. The molecule has 0 bridgehead atoms. The van der Waals surface area contributed by atoms with Crippen LogP contribution >= 0.6 is 11.3 Å². The molecule has 0 aliphatic carbocycles. The van der Waals surface area contributed by atoms with Gasteiger partial charge in [-0.2, -0.15) is 13.2 Å². The molecule has 0 saturated carbocycles. The summed E-state index contributed by atoms with van der Waals surface area (Å²) < 4.78 is 37.6. The number of nitrogens with zero attached hydrogens (tertiary/aromatic N) is 3. The number of alkyl halides is 3. The second kappa shape index (κ2) is 5.12. The Morgan fingerprint density at radius 1 is 1.24 bits per heavy atom. The van der Waals surface area contributed by atoms with E-state index in [0.717, 1.165) is 35.6 Å². The summed E-state index contributed by atoms with van der Waals surface area (Å²) in [4.78, 5) is 11.5. The predicted octanol–water partition coefficient (Wildman–Crippen LogP) is 3.89. The molecule has 3 rings (SSSR count). The highest BCUT2D eigenvalue weighted by atomic mass is 32.1. The molecule has 2 aromatic heterocycles. The average Bonchev–Trinajstić information content (AvgIpc) is 2.90. The van der Waals surface area contributed by atoms with Crippen LogP contribution in [0.1, 0.15) is 18.7 Å². The molecule has 114 valence electrons. The first-order valence-corrected chi connectivity index (χ1v) is 7.70. The van der Waals surface area contributed by atoms with E-state index in [1.54, 1.807) is 6.07 Å². The highest BCUT2D eigenvalue weighted by molar-refractivity contribution is 7.18. The van der Waals surface area contributed by atoms with Gasteiger partial charge in [0, 0.05) is 18.0 Å². The van der Waals surface area contributed by atoms with Crippen LogP contribution in [0.3, 0.4) is 0 Å². The van der Waals surface area contributed by atoms with Crippen molar-refractivity contribution in [1.29, 1.82) is 0 Å². The maximum absolute atomic E-state index is 12.5. The van der Waals surface area contributed by atoms with E-state index in [1.807, 2.05) is 0 Å². The van der Waals surface area contributed by atoms with Crippen molar-refractivity contribution in [3.63, 3.8) is 0 Å². The van der Waals surface area contributed by atoms with Gasteiger partial charge in [-0.3, -0.25) is 0 Å². The molecule has 1 aliphatic rings. The normalized spacial score (nSPS) is 23.2. The minimum atomic E-state index is -4.19. The Balaban J connectivity index is 1.96. The van der Waals surface area contributed by atoms with E-state index < -0.39 is 12.6 Å². The van der Waals surface area contributed by atoms with Crippen molar-refractivity contribution in [3.05, 3.63) is 17.3 Å². The summed E-state index contributed by atoms with van der Waals surface area (Å²) in [7, 11) is 0. The molecule has 0 amide bonds. The van der Waals surface area contributed by atoms with Crippen LogP contribution in [0.15, 0.2) is 12.4 Å². The molecule has 2 aromatic rings. The van der Waals surface area contributed by atoms with Crippen molar-refractivity contribution in [1.82, 2.24) is 9.97 Å². The number of hydrogen-bond donors (Lipinski definition) is 0. The Morgan fingerprint density at radius 3 is 2.52 bits per heavy atom. The molecule has 3 heterocycles. The molecule has 0 N–H and O–H groups in total. The predicted molar refractivity (Wildman–Crippen MR) is 77.7 cm³/mol. The Bertz CT molecular complexity index is 642. The molecular formula is C14H16F3N3S. The topological polar surface area (TPSA) is 29.0 Å². The van der Waals surface area contributed by atoms with Crippen LogP contribution in [-0.2, 0) is 6.42 Å². The van der Waals surface area contributed by atoms with Crippen molar-refractivity contribution in [2.75, 3.05) is 18.0 Å². The third-order valence-corrected chi connectivity index (χ3v) is 5.06. The maximum Gasteiger partial charge on any atom is 0.393 e. The number of halogens is 3. The van der Waals surface area contributed by atoms with Crippen molar-refractivity contribution in [2.24, 2.45) is 11.8 Å². The Morgan fingerprint density at radius 2 is 1.90 bits per heavy atom. The van der Waals surface area contributed by atoms with E-state index in [9.17, 15) is 13.2 Å². The molecular weight excluding hydrogens is 299 g/mol. The van der Waals surface area contributed by atoms with Gasteiger partial charge in [0.2, 0.25) is 0 Å². The number of rotatable bonds is 2. The van der Waals surface area contributed by atoms with Gasteiger partial charge < -0.3 is 4.90 Å². The van der Waals surface area contributed by atoms with E-state index in [4.69, 9.17) is 0 Å². The zero-order valence-corrected chi connectivity index (χ0v) is 12.6. The monoisotopic (exact) mass is 315 g/mol. The fourth-order valence-electron chi connectivity index (χ4n) is 2.73. The minimum Gasteiger partial charge on any atom is -0.355 e. The number of thiophene rings is 1. The molecule has 21 heavy (non-hydrogen) atoms. The van der Waals surface area contributed by atoms with Gasteiger partial charge >= 0.3 is 6.18 Å². The molecule has 1 saturated heterocycles. The molecule has 0 unspecified atom stereocenters. The van der Waals surface area contributed by atoms with Gasteiger partial charge in [0.05, 0.1) is 11.8 Å². The lowest BCUT2D eigenvalue weighted by atomic mass is 10.0. The van der Waals surface area contributed by atoms with Crippen LogP contribution in [0.2, 0.25) is 0 Å². The van der Waals surface area contributed by atoms with E-state index in [-0.39, 0.29) is 0 Å². The van der Waals surface area contributed by atoms with Gasteiger partial charge in [-0.1, -0.05) is 13.8 Å². The third kappa shape index (κ3) is 2.97. The van der Waals surface area contributed by atoms with Crippen LogP contribution in [-0.4, -0.2) is 29.2 Å². The zero-order chi connectivity index (χ0) is 15.2. The average molecular weight is 315 g/mol. The lowest BCUT2D eigenvalue weighted by molar-refractivity contribution is -0.126. The van der Waals surface area contributed by atoms with Crippen LogP contribution in [0.5, 0.6) is 0 Å². The fourth-order valence-corrected chi connectivity index (χ4v) is 3.75. The van der Waals surface area contributed by atoms with Gasteiger partial charge in [-0.15, -0.1) is 11.3 Å². The second-order valence-electron chi connectivity index (χ2n) is 5.78. The maximum atomic E-state index is 12.5. The van der Waals surface area contributed by atoms with Crippen molar-refractivity contribution in [3.8, 4) is 0 Å². The summed E-state index contributed by atoms with van der Waals surface area (Å²) >= 11 is 1.10. The largest absolute Gasteiger partial charge is 0.393 e. The zero-order valence-electron chi connectivity index (χ0n) is 11.8. The van der Waals surface area contributed by atoms with Gasteiger partial charge in [-0.25, -0.2) is 9.97 Å². The summed E-state index contributed by atoms with van der Waals surface area (Å²) in [5.74, 6) is 1.88. The first-order chi connectivity index (χ1) is 9.83. The van der Waals surface area contributed by atoms with Gasteiger partial charge in [0.25, 0.3) is 0 Å². The molecule has 0 radical (unpaired) electrons. The summed E-state index contributed by atoms with van der Waals surface area (Å²) in [6.07, 6.45) is -3.65. The van der Waals surface area contributed by atoms with Crippen molar-refractivity contribution in [2.45, 2.75) is 26.4 Å². The molecule has 7 heteroatoms. The summed E-state index contributed by atoms with van der Waals surface area (Å²) in [5.41, 5.74) is 0. The smallest absolute Gasteiger partial charge is 0.355 e. The van der Waals surface area contributed by atoms with Crippen LogP contribution in [0, 0.1) is 11.8 Å². The summed E-state index contributed by atoms with van der Waals surface area (Å²) in [5, 5.41) is 0.739. The Kier molecular flexibility index (Phi) is 3.55. The second-order valence-corrected chi connectivity index (χ2v) is 6.90. The van der Waals surface area contributed by atoms with E-state index >= 15 is 0 Å².